The fourth-order valence-electron chi connectivity index (χ4n) is 1.90. The second-order valence-corrected chi connectivity index (χ2v) is 5.70. The van der Waals surface area contributed by atoms with Gasteiger partial charge in [0.25, 0.3) is 5.69 Å². The van der Waals surface area contributed by atoms with Crippen LogP contribution in [0, 0.1) is 10.1 Å². The maximum Gasteiger partial charge on any atom is 0.273 e. The molecule has 7 nitrogen and oxygen atoms in total. The number of anilines is 1. The van der Waals surface area contributed by atoms with Crippen LogP contribution in [0.2, 0.25) is 0 Å². The van der Waals surface area contributed by atoms with Crippen LogP contribution in [-0.4, -0.2) is 30.8 Å². The van der Waals surface area contributed by atoms with Gasteiger partial charge in [-0.3, -0.25) is 14.9 Å². The summed E-state index contributed by atoms with van der Waals surface area (Å²) in [7, 11) is 2.98. The Hall–Kier alpha value is -2.74. The Labute approximate surface area is 143 Å². The SMILES string of the molecule is COc1ccc(SCC(=O)Nc2ccc([N+](=O)[O-])cc2OC)cc1. The molecule has 0 saturated carbocycles. The third-order valence-corrected chi connectivity index (χ3v) is 4.11. The van der Waals surface area contributed by atoms with Gasteiger partial charge in [-0.05, 0) is 30.3 Å². The predicted octanol–water partition coefficient (Wildman–Crippen LogP) is 3.34. The molecule has 8 heteroatoms. The van der Waals surface area contributed by atoms with Gasteiger partial charge in [-0.15, -0.1) is 11.8 Å². The highest BCUT2D eigenvalue weighted by Gasteiger charge is 2.13. The molecule has 0 heterocycles. The summed E-state index contributed by atoms with van der Waals surface area (Å²) in [5, 5.41) is 13.4. The molecule has 0 unspecified atom stereocenters. The van der Waals surface area contributed by atoms with Crippen molar-refractivity contribution in [3.8, 4) is 11.5 Å². The van der Waals surface area contributed by atoms with Gasteiger partial charge in [-0.1, -0.05) is 0 Å². The van der Waals surface area contributed by atoms with Gasteiger partial charge >= 0.3 is 0 Å². The zero-order valence-corrected chi connectivity index (χ0v) is 14.0. The summed E-state index contributed by atoms with van der Waals surface area (Å²) in [6.45, 7) is 0. The van der Waals surface area contributed by atoms with Crippen LogP contribution in [0.25, 0.3) is 0 Å². The number of non-ortho nitro benzene ring substituents is 1. The zero-order valence-electron chi connectivity index (χ0n) is 13.1. The third-order valence-electron chi connectivity index (χ3n) is 3.10. The summed E-state index contributed by atoms with van der Waals surface area (Å²) in [5.74, 6) is 0.960. The molecule has 0 aliphatic heterocycles. The molecule has 0 aliphatic carbocycles. The van der Waals surface area contributed by atoms with Gasteiger partial charge in [0.15, 0.2) is 0 Å². The van der Waals surface area contributed by atoms with Crippen LogP contribution in [0.4, 0.5) is 11.4 Å². The Morgan fingerprint density at radius 1 is 1.17 bits per heavy atom. The first-order valence-electron chi connectivity index (χ1n) is 6.92. The van der Waals surface area contributed by atoms with Crippen molar-refractivity contribution in [2.75, 3.05) is 25.3 Å². The summed E-state index contributed by atoms with van der Waals surface area (Å²) >= 11 is 1.37. The van der Waals surface area contributed by atoms with Gasteiger partial charge in [0.2, 0.25) is 5.91 Å². The lowest BCUT2D eigenvalue weighted by Crippen LogP contribution is -2.14. The first-order valence-corrected chi connectivity index (χ1v) is 7.91. The predicted molar refractivity (Wildman–Crippen MR) is 92.0 cm³/mol. The van der Waals surface area contributed by atoms with E-state index in [2.05, 4.69) is 5.32 Å². The highest BCUT2D eigenvalue weighted by molar-refractivity contribution is 8.00. The van der Waals surface area contributed by atoms with Crippen molar-refractivity contribution >= 4 is 29.0 Å². The average molecular weight is 348 g/mol. The fourth-order valence-corrected chi connectivity index (χ4v) is 2.60. The van der Waals surface area contributed by atoms with Gasteiger partial charge in [0, 0.05) is 11.0 Å². The maximum absolute atomic E-state index is 12.0. The summed E-state index contributed by atoms with van der Waals surface area (Å²) in [6.07, 6.45) is 0. The van der Waals surface area contributed by atoms with E-state index in [0.29, 0.717) is 5.69 Å². The topological polar surface area (TPSA) is 90.7 Å². The van der Waals surface area contributed by atoms with E-state index in [0.717, 1.165) is 10.6 Å². The second-order valence-electron chi connectivity index (χ2n) is 4.65. The molecule has 126 valence electrons. The van der Waals surface area contributed by atoms with Gasteiger partial charge < -0.3 is 14.8 Å². The molecule has 0 aliphatic rings. The largest absolute Gasteiger partial charge is 0.497 e. The molecule has 0 atom stereocenters. The molecular weight excluding hydrogens is 332 g/mol. The Morgan fingerprint density at radius 3 is 2.46 bits per heavy atom. The maximum atomic E-state index is 12.0. The van der Waals surface area contributed by atoms with Crippen molar-refractivity contribution in [2.45, 2.75) is 4.90 Å². The van der Waals surface area contributed by atoms with Crippen molar-refractivity contribution in [1.29, 1.82) is 0 Å². The van der Waals surface area contributed by atoms with Crippen molar-refractivity contribution in [1.82, 2.24) is 0 Å². The number of carbonyl (C=O) groups excluding carboxylic acids is 1. The van der Waals surface area contributed by atoms with Crippen LogP contribution in [0.5, 0.6) is 11.5 Å². The molecule has 2 aromatic carbocycles. The van der Waals surface area contributed by atoms with Crippen LogP contribution >= 0.6 is 11.8 Å². The molecule has 1 amide bonds. The minimum Gasteiger partial charge on any atom is -0.497 e. The smallest absolute Gasteiger partial charge is 0.273 e. The van der Waals surface area contributed by atoms with Crippen molar-refractivity contribution < 1.29 is 19.2 Å². The van der Waals surface area contributed by atoms with E-state index in [9.17, 15) is 14.9 Å². The van der Waals surface area contributed by atoms with Gasteiger partial charge in [0.05, 0.1) is 36.6 Å². The number of methoxy groups -OCH3 is 2. The molecular formula is C16H16N2O5S. The minimum absolute atomic E-state index is 0.0996. The number of ether oxygens (including phenoxy) is 2. The Morgan fingerprint density at radius 2 is 1.88 bits per heavy atom. The van der Waals surface area contributed by atoms with E-state index in [4.69, 9.17) is 9.47 Å². The molecule has 0 bridgehead atoms. The number of nitrogens with zero attached hydrogens (tertiary/aromatic N) is 1. The monoisotopic (exact) mass is 348 g/mol. The van der Waals surface area contributed by atoms with E-state index in [1.165, 1.54) is 37.1 Å². The number of benzene rings is 2. The molecule has 0 spiro atoms. The molecule has 2 rings (SSSR count). The number of nitro groups is 1. The molecule has 0 saturated heterocycles. The molecule has 2 aromatic rings. The highest BCUT2D eigenvalue weighted by Crippen LogP contribution is 2.29. The van der Waals surface area contributed by atoms with Crippen LogP contribution in [0.15, 0.2) is 47.4 Å². The lowest BCUT2D eigenvalue weighted by Gasteiger charge is -2.10. The minimum atomic E-state index is -0.520. The number of amides is 1. The fraction of sp³-hybridized carbons (Fsp3) is 0.188. The second kappa shape index (κ2) is 8.21. The summed E-state index contributed by atoms with van der Waals surface area (Å²) < 4.78 is 10.2. The lowest BCUT2D eigenvalue weighted by atomic mass is 10.2. The van der Waals surface area contributed by atoms with Crippen LogP contribution in [0.1, 0.15) is 0 Å². The first-order chi connectivity index (χ1) is 11.5. The van der Waals surface area contributed by atoms with E-state index in [-0.39, 0.29) is 23.1 Å². The van der Waals surface area contributed by atoms with Crippen LogP contribution < -0.4 is 14.8 Å². The van der Waals surface area contributed by atoms with Gasteiger partial charge in [0.1, 0.15) is 11.5 Å². The quantitative estimate of drug-likeness (QED) is 0.469. The number of carbonyl (C=O) groups is 1. The lowest BCUT2D eigenvalue weighted by molar-refractivity contribution is -0.384. The number of nitro benzene ring substituents is 1. The van der Waals surface area contributed by atoms with Crippen LogP contribution in [0.3, 0.4) is 0 Å². The highest BCUT2D eigenvalue weighted by atomic mass is 32.2. The molecule has 0 aromatic heterocycles. The standard InChI is InChI=1S/C16H16N2O5S/c1-22-12-4-6-13(7-5-12)24-10-16(19)17-14-8-3-11(18(20)21)9-15(14)23-2/h3-9H,10H2,1-2H3,(H,17,19). The normalized spacial score (nSPS) is 10.1. The molecule has 0 radical (unpaired) electrons. The van der Waals surface area contributed by atoms with Crippen molar-refractivity contribution in [3.63, 3.8) is 0 Å². The molecule has 1 N–H and O–H groups in total. The zero-order chi connectivity index (χ0) is 17.5. The van der Waals surface area contributed by atoms with Crippen LogP contribution in [-0.2, 0) is 4.79 Å². The Bertz CT molecular complexity index is 734. The molecule has 24 heavy (non-hydrogen) atoms. The third kappa shape index (κ3) is 4.63. The molecule has 0 fully saturated rings. The van der Waals surface area contributed by atoms with E-state index < -0.39 is 4.92 Å². The first kappa shape index (κ1) is 17.6. The van der Waals surface area contributed by atoms with E-state index in [1.807, 2.05) is 24.3 Å². The Kier molecular flexibility index (Phi) is 6.02. The van der Waals surface area contributed by atoms with E-state index in [1.54, 1.807) is 7.11 Å². The van der Waals surface area contributed by atoms with Crippen molar-refractivity contribution in [2.24, 2.45) is 0 Å². The summed E-state index contributed by atoms with van der Waals surface area (Å²) in [5.41, 5.74) is 0.292. The van der Waals surface area contributed by atoms with E-state index >= 15 is 0 Å². The Balaban J connectivity index is 1.97. The summed E-state index contributed by atoms with van der Waals surface area (Å²) in [4.78, 5) is 23.2. The number of hydrogen-bond donors (Lipinski definition) is 1. The number of thioether (sulfide) groups is 1. The average Bonchev–Trinajstić information content (AvgIpc) is 2.60. The number of rotatable bonds is 7. The number of hydrogen-bond acceptors (Lipinski definition) is 6. The summed E-state index contributed by atoms with van der Waals surface area (Å²) in [6, 6.07) is 11.4. The van der Waals surface area contributed by atoms with Gasteiger partial charge in [-0.2, -0.15) is 0 Å². The van der Waals surface area contributed by atoms with Crippen molar-refractivity contribution in [3.05, 3.63) is 52.6 Å². The number of nitrogens with one attached hydrogen (secondary N) is 1. The van der Waals surface area contributed by atoms with Gasteiger partial charge in [-0.25, -0.2) is 0 Å².